The predicted octanol–water partition coefficient (Wildman–Crippen LogP) is 5.04. The van der Waals surface area contributed by atoms with Gasteiger partial charge in [-0.15, -0.1) is 0 Å². The molecule has 0 aromatic rings. The minimum absolute atomic E-state index is 0.0708. The van der Waals surface area contributed by atoms with E-state index >= 15 is 0 Å². The van der Waals surface area contributed by atoms with Crippen molar-refractivity contribution in [1.82, 2.24) is 5.32 Å². The molecule has 1 fully saturated rings. The second-order valence-corrected chi connectivity index (χ2v) is 6.76. The first kappa shape index (κ1) is 19.9. The highest BCUT2D eigenvalue weighted by atomic mass is 16.7. The van der Waals surface area contributed by atoms with E-state index in [0.717, 1.165) is 19.3 Å². The monoisotopic (exact) mass is 313 g/mol. The van der Waals surface area contributed by atoms with Crippen LogP contribution in [0.2, 0.25) is 0 Å². The Morgan fingerprint density at radius 2 is 1.50 bits per heavy atom. The molecular weight excluding hydrogens is 274 g/mol. The summed E-state index contributed by atoms with van der Waals surface area (Å²) >= 11 is 0. The third-order valence-corrected chi connectivity index (χ3v) is 4.67. The molecule has 0 bridgehead atoms. The van der Waals surface area contributed by atoms with Gasteiger partial charge in [-0.05, 0) is 33.1 Å². The van der Waals surface area contributed by atoms with Gasteiger partial charge >= 0.3 is 0 Å². The highest BCUT2D eigenvalue weighted by molar-refractivity contribution is 4.83. The Balaban J connectivity index is 1.91. The Morgan fingerprint density at radius 3 is 2.18 bits per heavy atom. The van der Waals surface area contributed by atoms with Crippen LogP contribution in [0.1, 0.15) is 91.4 Å². The van der Waals surface area contributed by atoms with Gasteiger partial charge in [0.25, 0.3) is 0 Å². The highest BCUT2D eigenvalue weighted by Crippen LogP contribution is 2.19. The average molecular weight is 314 g/mol. The molecule has 0 aliphatic carbocycles. The number of hydrogen-bond acceptors (Lipinski definition) is 3. The van der Waals surface area contributed by atoms with Crippen molar-refractivity contribution in [3.05, 3.63) is 0 Å². The third-order valence-electron chi connectivity index (χ3n) is 4.67. The standard InChI is InChI=1S/C19H39NO2/c1-4-6-7-8-9-10-11-12-13-18-14-15-19(20-18)16-22-17(3)21-5-2/h17-20H,4-16H2,1-3H3/t17?,18-,19+/m1/s1. The Hall–Kier alpha value is -0.120. The van der Waals surface area contributed by atoms with Crippen LogP contribution in [0.3, 0.4) is 0 Å². The summed E-state index contributed by atoms with van der Waals surface area (Å²) in [6.45, 7) is 7.78. The van der Waals surface area contributed by atoms with Gasteiger partial charge in [0.05, 0.1) is 6.61 Å². The maximum atomic E-state index is 5.72. The Kier molecular flexibility index (Phi) is 12.1. The van der Waals surface area contributed by atoms with Crippen molar-refractivity contribution in [3.8, 4) is 0 Å². The molecule has 0 aromatic heterocycles. The van der Waals surface area contributed by atoms with Crippen molar-refractivity contribution < 1.29 is 9.47 Å². The molecule has 0 amide bonds. The summed E-state index contributed by atoms with van der Waals surface area (Å²) in [5.74, 6) is 0. The molecule has 132 valence electrons. The van der Waals surface area contributed by atoms with E-state index in [0.29, 0.717) is 6.04 Å². The average Bonchev–Trinajstić information content (AvgIpc) is 2.96. The molecule has 1 aliphatic rings. The van der Waals surface area contributed by atoms with Gasteiger partial charge < -0.3 is 14.8 Å². The molecule has 1 N–H and O–H groups in total. The maximum absolute atomic E-state index is 5.72. The number of ether oxygens (including phenoxy) is 2. The van der Waals surface area contributed by atoms with Crippen molar-refractivity contribution in [2.75, 3.05) is 13.2 Å². The molecule has 1 unspecified atom stereocenters. The van der Waals surface area contributed by atoms with Gasteiger partial charge in [0.2, 0.25) is 0 Å². The molecule has 3 atom stereocenters. The SMILES string of the molecule is CCCCCCCCCC[C@@H]1CC[C@@H](COC(C)OCC)N1. The van der Waals surface area contributed by atoms with E-state index in [1.165, 1.54) is 70.6 Å². The van der Waals surface area contributed by atoms with Crippen molar-refractivity contribution in [1.29, 1.82) is 0 Å². The van der Waals surface area contributed by atoms with Gasteiger partial charge in [0.1, 0.15) is 0 Å². The van der Waals surface area contributed by atoms with Gasteiger partial charge in [0.15, 0.2) is 6.29 Å². The van der Waals surface area contributed by atoms with Crippen molar-refractivity contribution in [2.45, 2.75) is 110 Å². The zero-order valence-corrected chi connectivity index (χ0v) is 15.2. The molecule has 1 rings (SSSR count). The first-order valence-electron chi connectivity index (χ1n) is 9.75. The minimum atomic E-state index is -0.0708. The summed E-state index contributed by atoms with van der Waals surface area (Å²) in [6, 6.07) is 1.25. The van der Waals surface area contributed by atoms with E-state index in [2.05, 4.69) is 12.2 Å². The Bertz CT molecular complexity index is 248. The summed E-state index contributed by atoms with van der Waals surface area (Å²) in [7, 11) is 0. The molecule has 0 aromatic carbocycles. The molecule has 0 spiro atoms. The molecule has 1 heterocycles. The number of rotatable bonds is 14. The van der Waals surface area contributed by atoms with Crippen molar-refractivity contribution >= 4 is 0 Å². The van der Waals surface area contributed by atoms with E-state index in [4.69, 9.17) is 9.47 Å². The van der Waals surface area contributed by atoms with E-state index in [1.807, 2.05) is 13.8 Å². The fourth-order valence-corrected chi connectivity index (χ4v) is 3.32. The maximum Gasteiger partial charge on any atom is 0.154 e. The number of unbranched alkanes of at least 4 members (excludes halogenated alkanes) is 7. The lowest BCUT2D eigenvalue weighted by Gasteiger charge is -2.18. The van der Waals surface area contributed by atoms with Crippen molar-refractivity contribution in [3.63, 3.8) is 0 Å². The van der Waals surface area contributed by atoms with E-state index in [9.17, 15) is 0 Å². The van der Waals surface area contributed by atoms with Crippen LogP contribution in [-0.4, -0.2) is 31.6 Å². The van der Waals surface area contributed by atoms with Crippen LogP contribution in [0.4, 0.5) is 0 Å². The molecular formula is C19H39NO2. The van der Waals surface area contributed by atoms with E-state index in [-0.39, 0.29) is 6.29 Å². The third kappa shape index (κ3) is 9.81. The molecule has 22 heavy (non-hydrogen) atoms. The first-order valence-corrected chi connectivity index (χ1v) is 9.75. The summed E-state index contributed by atoms with van der Waals surface area (Å²) < 4.78 is 11.1. The molecule has 3 nitrogen and oxygen atoms in total. The Morgan fingerprint density at radius 1 is 0.864 bits per heavy atom. The summed E-state index contributed by atoms with van der Waals surface area (Å²) in [5, 5.41) is 3.73. The predicted molar refractivity (Wildman–Crippen MR) is 94.2 cm³/mol. The number of hydrogen-bond donors (Lipinski definition) is 1. The molecule has 1 saturated heterocycles. The molecule has 0 radical (unpaired) electrons. The summed E-state index contributed by atoms with van der Waals surface area (Å²) in [6.07, 6.45) is 15.1. The highest BCUT2D eigenvalue weighted by Gasteiger charge is 2.23. The van der Waals surface area contributed by atoms with Gasteiger partial charge in [-0.3, -0.25) is 0 Å². The lowest BCUT2D eigenvalue weighted by molar-refractivity contribution is -0.130. The van der Waals surface area contributed by atoms with Crippen molar-refractivity contribution in [2.24, 2.45) is 0 Å². The summed E-state index contributed by atoms with van der Waals surface area (Å²) in [5.41, 5.74) is 0. The van der Waals surface area contributed by atoms with Crippen LogP contribution in [0.15, 0.2) is 0 Å². The van der Waals surface area contributed by atoms with Crippen LogP contribution in [0, 0.1) is 0 Å². The second-order valence-electron chi connectivity index (χ2n) is 6.76. The van der Waals surface area contributed by atoms with Gasteiger partial charge in [0, 0.05) is 18.7 Å². The zero-order chi connectivity index (χ0) is 16.0. The number of nitrogens with one attached hydrogen (secondary N) is 1. The Labute approximate surface area is 138 Å². The second kappa shape index (κ2) is 13.3. The summed E-state index contributed by atoms with van der Waals surface area (Å²) in [4.78, 5) is 0. The van der Waals surface area contributed by atoms with Crippen LogP contribution < -0.4 is 5.32 Å². The largest absolute Gasteiger partial charge is 0.353 e. The lowest BCUT2D eigenvalue weighted by Crippen LogP contribution is -2.34. The van der Waals surface area contributed by atoms with Crippen LogP contribution in [0.25, 0.3) is 0 Å². The van der Waals surface area contributed by atoms with Gasteiger partial charge in [-0.25, -0.2) is 0 Å². The van der Waals surface area contributed by atoms with Crippen LogP contribution >= 0.6 is 0 Å². The minimum Gasteiger partial charge on any atom is -0.353 e. The fraction of sp³-hybridized carbons (Fsp3) is 1.00. The smallest absolute Gasteiger partial charge is 0.154 e. The van der Waals surface area contributed by atoms with Gasteiger partial charge in [-0.2, -0.15) is 0 Å². The van der Waals surface area contributed by atoms with Crippen LogP contribution in [-0.2, 0) is 9.47 Å². The quantitative estimate of drug-likeness (QED) is 0.360. The first-order chi connectivity index (χ1) is 10.8. The van der Waals surface area contributed by atoms with Gasteiger partial charge in [-0.1, -0.05) is 58.3 Å². The van der Waals surface area contributed by atoms with Crippen LogP contribution in [0.5, 0.6) is 0 Å². The lowest BCUT2D eigenvalue weighted by atomic mass is 10.0. The fourth-order valence-electron chi connectivity index (χ4n) is 3.32. The normalized spacial score (nSPS) is 23.0. The topological polar surface area (TPSA) is 30.5 Å². The zero-order valence-electron chi connectivity index (χ0n) is 15.2. The van der Waals surface area contributed by atoms with E-state index in [1.54, 1.807) is 0 Å². The van der Waals surface area contributed by atoms with E-state index < -0.39 is 0 Å². The molecule has 0 saturated carbocycles. The molecule has 3 heteroatoms. The molecule has 1 aliphatic heterocycles.